The van der Waals surface area contributed by atoms with E-state index < -0.39 is 41.6 Å². The van der Waals surface area contributed by atoms with Crippen LogP contribution < -0.4 is 0 Å². The van der Waals surface area contributed by atoms with Gasteiger partial charge in [0.1, 0.15) is 11.7 Å². The first-order valence-electron chi connectivity index (χ1n) is 14.8. The van der Waals surface area contributed by atoms with Crippen molar-refractivity contribution in [2.75, 3.05) is 6.54 Å². The zero-order valence-corrected chi connectivity index (χ0v) is 29.7. The molecule has 1 aliphatic heterocycles. The highest BCUT2D eigenvalue weighted by molar-refractivity contribution is 6.48. The quantitative estimate of drug-likeness (QED) is 0.325. The third kappa shape index (κ3) is 7.63. The van der Waals surface area contributed by atoms with Gasteiger partial charge in [0.05, 0.1) is 6.61 Å². The van der Waals surface area contributed by atoms with Crippen LogP contribution in [0.3, 0.4) is 0 Å². The molecule has 1 saturated heterocycles. The number of nitrogens with zero attached hydrogens (tertiary/aromatic N) is 1. The van der Waals surface area contributed by atoms with Gasteiger partial charge in [0.2, 0.25) is 18.1 Å². The molecule has 1 amide bonds. The Morgan fingerprint density at radius 2 is 1.59 bits per heavy atom. The van der Waals surface area contributed by atoms with E-state index in [1.54, 1.807) is 4.90 Å². The van der Waals surface area contributed by atoms with Crippen molar-refractivity contribution in [2.45, 2.75) is 124 Å². The van der Waals surface area contributed by atoms with E-state index in [9.17, 15) is 9.90 Å². The standard InChI is InChI=1S/C33H53NO5Si2/c1-30(2,3)23-19-33(39-41(12)13,34(20-23)29(36)38-32(7,8)9)28(35)27-22(21-37-40(10)11)18-26(31(4,5)6)24-16-14-15-17-25(24)27/h14-18,23,28,35H,19-21H2,1-13H3/t23-,28?,33-/m0/s1. The van der Waals surface area contributed by atoms with Crippen LogP contribution in [0.5, 0.6) is 0 Å². The SMILES string of the molecule is C[Si](C)OCc1cc(C(C)(C)C)c2ccccc2c1C(O)[C@@]1(O[Si](C)C)C[C@H](C(C)(C)C)CN1C(=O)OC(C)(C)C. The molecule has 3 atom stereocenters. The van der Waals surface area contributed by atoms with Gasteiger partial charge in [0.25, 0.3) is 0 Å². The second kappa shape index (κ2) is 12.1. The van der Waals surface area contributed by atoms with Gasteiger partial charge in [-0.3, -0.25) is 4.90 Å². The zero-order chi connectivity index (χ0) is 31.1. The molecule has 41 heavy (non-hydrogen) atoms. The van der Waals surface area contributed by atoms with E-state index in [4.69, 9.17) is 13.6 Å². The number of fused-ring (bicyclic) bond motifs is 1. The predicted molar refractivity (Wildman–Crippen MR) is 172 cm³/mol. The van der Waals surface area contributed by atoms with Gasteiger partial charge in [-0.15, -0.1) is 0 Å². The van der Waals surface area contributed by atoms with Crippen LogP contribution in [0.15, 0.2) is 30.3 Å². The third-order valence-corrected chi connectivity index (χ3v) is 9.30. The molecule has 6 nitrogen and oxygen atoms in total. The molecule has 1 heterocycles. The number of carbonyl (C=O) groups is 1. The largest absolute Gasteiger partial charge is 0.444 e. The van der Waals surface area contributed by atoms with Crippen LogP contribution in [0.2, 0.25) is 26.2 Å². The van der Waals surface area contributed by atoms with E-state index in [-0.39, 0.29) is 16.7 Å². The lowest BCUT2D eigenvalue weighted by atomic mass is 9.76. The minimum atomic E-state index is -1.36. The highest BCUT2D eigenvalue weighted by atomic mass is 28.3. The number of aliphatic hydroxyl groups excluding tert-OH is 1. The highest BCUT2D eigenvalue weighted by Crippen LogP contribution is 2.51. The summed E-state index contributed by atoms with van der Waals surface area (Å²) >= 11 is 0. The van der Waals surface area contributed by atoms with E-state index in [2.05, 4.69) is 85.9 Å². The number of aliphatic hydroxyl groups is 1. The maximum Gasteiger partial charge on any atom is 0.412 e. The molecule has 0 aliphatic carbocycles. The number of likely N-dealkylation sites (tertiary alicyclic amines) is 1. The summed E-state index contributed by atoms with van der Waals surface area (Å²) in [4.78, 5) is 15.6. The van der Waals surface area contributed by atoms with Crippen molar-refractivity contribution in [1.82, 2.24) is 4.90 Å². The Morgan fingerprint density at radius 1 is 1.00 bits per heavy atom. The van der Waals surface area contributed by atoms with E-state index in [1.165, 1.54) is 5.56 Å². The highest BCUT2D eigenvalue weighted by Gasteiger charge is 2.58. The molecule has 0 bridgehead atoms. The Hall–Kier alpha value is -1.72. The molecule has 2 aromatic rings. The van der Waals surface area contributed by atoms with E-state index in [0.717, 1.165) is 21.9 Å². The van der Waals surface area contributed by atoms with Crippen LogP contribution in [0.1, 0.15) is 91.5 Å². The fourth-order valence-electron chi connectivity index (χ4n) is 5.76. The van der Waals surface area contributed by atoms with Gasteiger partial charge in [-0.2, -0.15) is 0 Å². The molecule has 8 heteroatoms. The first-order chi connectivity index (χ1) is 18.7. The molecule has 1 aliphatic rings. The first kappa shape index (κ1) is 33.8. The molecule has 3 rings (SSSR count). The van der Waals surface area contributed by atoms with Crippen LogP contribution in [0.4, 0.5) is 4.79 Å². The zero-order valence-electron chi connectivity index (χ0n) is 27.7. The van der Waals surface area contributed by atoms with Crippen molar-refractivity contribution < 1.29 is 23.5 Å². The number of hydrogen-bond acceptors (Lipinski definition) is 5. The Morgan fingerprint density at radius 3 is 2.07 bits per heavy atom. The van der Waals surface area contributed by atoms with Gasteiger partial charge in [-0.25, -0.2) is 4.79 Å². The molecule has 1 N–H and O–H groups in total. The fourth-order valence-corrected chi connectivity index (χ4v) is 7.22. The maximum absolute atomic E-state index is 13.9. The fraction of sp³-hybridized carbons (Fsp3) is 0.667. The van der Waals surface area contributed by atoms with E-state index in [1.807, 2.05) is 32.9 Å². The molecule has 228 valence electrons. The molecule has 0 saturated carbocycles. The molecule has 1 unspecified atom stereocenters. The van der Waals surface area contributed by atoms with E-state index >= 15 is 0 Å². The van der Waals surface area contributed by atoms with Crippen LogP contribution in [0, 0.1) is 11.3 Å². The topological polar surface area (TPSA) is 68.2 Å². The molecular weight excluding hydrogens is 547 g/mol. The molecule has 1 fully saturated rings. The summed E-state index contributed by atoms with van der Waals surface area (Å²) in [5.41, 5.74) is 0.755. The number of carbonyl (C=O) groups excluding carboxylic acids is 1. The lowest BCUT2D eigenvalue weighted by Gasteiger charge is -2.44. The van der Waals surface area contributed by atoms with Gasteiger partial charge in [-0.05, 0) is 91.2 Å². The first-order valence-corrected chi connectivity index (χ1v) is 19.6. The smallest absolute Gasteiger partial charge is 0.412 e. The second-order valence-electron chi connectivity index (χ2n) is 15.1. The Bertz CT molecular complexity index is 1230. The predicted octanol–water partition coefficient (Wildman–Crippen LogP) is 8.21. The molecular formula is C33H53NO5Si2. The summed E-state index contributed by atoms with van der Waals surface area (Å²) < 4.78 is 19.1. The van der Waals surface area contributed by atoms with Crippen LogP contribution in [-0.2, 0) is 25.6 Å². The molecule has 0 spiro atoms. The average molecular weight is 600 g/mol. The summed E-state index contributed by atoms with van der Waals surface area (Å²) in [5.74, 6) is 0.104. The van der Waals surface area contributed by atoms with Crippen molar-refractivity contribution in [2.24, 2.45) is 11.3 Å². The van der Waals surface area contributed by atoms with Gasteiger partial charge >= 0.3 is 6.09 Å². The van der Waals surface area contributed by atoms with Crippen molar-refractivity contribution in [3.05, 3.63) is 47.0 Å². The Labute approximate surface area is 252 Å². The van der Waals surface area contributed by atoms with Crippen LogP contribution >= 0.6 is 0 Å². The van der Waals surface area contributed by atoms with Crippen molar-refractivity contribution in [1.29, 1.82) is 0 Å². The maximum atomic E-state index is 13.9. The summed E-state index contributed by atoms with van der Waals surface area (Å²) in [6.07, 6.45) is -1.05. The summed E-state index contributed by atoms with van der Waals surface area (Å²) in [6.45, 7) is 28.0. The van der Waals surface area contributed by atoms with Gasteiger partial charge in [-0.1, -0.05) is 71.9 Å². The van der Waals surface area contributed by atoms with Crippen LogP contribution in [0.25, 0.3) is 10.8 Å². The molecule has 0 aromatic heterocycles. The number of amides is 1. The second-order valence-corrected chi connectivity index (χ2v) is 19.2. The number of ether oxygens (including phenoxy) is 1. The molecule has 2 aromatic carbocycles. The number of hydrogen-bond donors (Lipinski definition) is 1. The minimum Gasteiger partial charge on any atom is -0.444 e. The Kier molecular flexibility index (Phi) is 9.98. The van der Waals surface area contributed by atoms with Gasteiger partial charge in [0, 0.05) is 13.0 Å². The lowest BCUT2D eigenvalue weighted by molar-refractivity contribution is -0.140. The molecule has 2 radical (unpaired) electrons. The lowest BCUT2D eigenvalue weighted by Crippen LogP contribution is -2.56. The van der Waals surface area contributed by atoms with E-state index in [0.29, 0.717) is 19.6 Å². The van der Waals surface area contributed by atoms with Crippen LogP contribution in [-0.4, -0.2) is 52.1 Å². The summed E-state index contributed by atoms with van der Waals surface area (Å²) in [6, 6.07) is 10.5. The average Bonchev–Trinajstić information content (AvgIpc) is 3.20. The van der Waals surface area contributed by atoms with Gasteiger partial charge in [0.15, 0.2) is 5.72 Å². The Balaban J connectivity index is 2.36. The minimum absolute atomic E-state index is 0.104. The van der Waals surface area contributed by atoms with Crippen molar-refractivity contribution in [3.8, 4) is 0 Å². The summed E-state index contributed by atoms with van der Waals surface area (Å²) in [5, 5.41) is 14.8. The normalized spacial score (nSPS) is 21.3. The number of benzene rings is 2. The van der Waals surface area contributed by atoms with Gasteiger partial charge < -0.3 is 18.7 Å². The van der Waals surface area contributed by atoms with Crippen molar-refractivity contribution >= 4 is 34.9 Å². The van der Waals surface area contributed by atoms with Crippen molar-refractivity contribution in [3.63, 3.8) is 0 Å². The summed E-state index contributed by atoms with van der Waals surface area (Å²) in [7, 11) is -2.35. The number of rotatable bonds is 7. The third-order valence-electron chi connectivity index (χ3n) is 7.82. The monoisotopic (exact) mass is 599 g/mol.